The number of pyridine rings is 1. The molecule has 1 unspecified atom stereocenters. The molecule has 1 saturated heterocycles. The van der Waals surface area contributed by atoms with Gasteiger partial charge in [0.25, 0.3) is 0 Å². The molecule has 2 aromatic rings. The van der Waals surface area contributed by atoms with Gasteiger partial charge in [0, 0.05) is 25.4 Å². The number of aromatic nitrogens is 1. The number of ether oxygens (including phenoxy) is 1. The maximum Gasteiger partial charge on any atom is 0.246 e. The van der Waals surface area contributed by atoms with Gasteiger partial charge in [-0.15, -0.1) is 0 Å². The average Bonchev–Trinajstić information content (AvgIpc) is 3.15. The van der Waals surface area contributed by atoms with Gasteiger partial charge in [0.2, 0.25) is 5.91 Å². The lowest BCUT2D eigenvalue weighted by Gasteiger charge is -2.13. The van der Waals surface area contributed by atoms with Crippen LogP contribution in [0.5, 0.6) is 5.75 Å². The summed E-state index contributed by atoms with van der Waals surface area (Å²) in [5.74, 6) is 1.26. The predicted octanol–water partition coefficient (Wildman–Crippen LogP) is 2.48. The fourth-order valence-corrected chi connectivity index (χ4v) is 2.81. The minimum atomic E-state index is 0.0476. The number of carbonyl (C=O) groups excluding carboxylic acids is 1. The smallest absolute Gasteiger partial charge is 0.246 e. The van der Waals surface area contributed by atoms with Gasteiger partial charge in [-0.2, -0.15) is 0 Å². The first-order valence-electron chi connectivity index (χ1n) is 8.54. The molecular formula is C20H23N3O2. The van der Waals surface area contributed by atoms with Gasteiger partial charge in [0.15, 0.2) is 0 Å². The summed E-state index contributed by atoms with van der Waals surface area (Å²) < 4.78 is 5.70. The highest BCUT2D eigenvalue weighted by atomic mass is 16.5. The molecule has 1 aromatic heterocycles. The van der Waals surface area contributed by atoms with Crippen LogP contribution in [0.15, 0.2) is 54.7 Å². The van der Waals surface area contributed by atoms with Gasteiger partial charge in [0.1, 0.15) is 12.4 Å². The first-order valence-corrected chi connectivity index (χ1v) is 8.54. The lowest BCUT2D eigenvalue weighted by molar-refractivity contribution is -0.125. The summed E-state index contributed by atoms with van der Waals surface area (Å²) in [6.07, 6.45) is 6.21. The molecule has 1 aliphatic rings. The molecule has 0 saturated carbocycles. The molecule has 0 spiro atoms. The van der Waals surface area contributed by atoms with Crippen LogP contribution in [0.25, 0.3) is 6.08 Å². The van der Waals surface area contributed by atoms with E-state index in [1.807, 2.05) is 53.4 Å². The molecule has 25 heavy (non-hydrogen) atoms. The fourth-order valence-electron chi connectivity index (χ4n) is 2.81. The molecule has 1 aliphatic heterocycles. The number of nitrogens with zero attached hydrogens (tertiary/aromatic N) is 2. The van der Waals surface area contributed by atoms with Crippen molar-refractivity contribution in [1.82, 2.24) is 9.88 Å². The Morgan fingerprint density at radius 2 is 2.12 bits per heavy atom. The Morgan fingerprint density at radius 3 is 2.80 bits per heavy atom. The Balaban J connectivity index is 1.51. The van der Waals surface area contributed by atoms with E-state index in [-0.39, 0.29) is 5.91 Å². The number of likely N-dealkylation sites (tertiary alicyclic amines) is 1. The zero-order valence-corrected chi connectivity index (χ0v) is 14.2. The van der Waals surface area contributed by atoms with Crippen LogP contribution in [-0.2, 0) is 11.4 Å². The third-order valence-electron chi connectivity index (χ3n) is 4.34. The van der Waals surface area contributed by atoms with Crippen LogP contribution in [0.3, 0.4) is 0 Å². The first kappa shape index (κ1) is 17.2. The van der Waals surface area contributed by atoms with Crippen molar-refractivity contribution in [2.24, 2.45) is 11.7 Å². The first-order chi connectivity index (χ1) is 12.2. The minimum absolute atomic E-state index is 0.0476. The molecule has 1 aromatic carbocycles. The highest BCUT2D eigenvalue weighted by Crippen LogP contribution is 2.17. The van der Waals surface area contributed by atoms with Crippen LogP contribution in [-0.4, -0.2) is 35.4 Å². The van der Waals surface area contributed by atoms with Crippen LogP contribution in [0.4, 0.5) is 0 Å². The molecule has 2 heterocycles. The highest BCUT2D eigenvalue weighted by Gasteiger charge is 2.23. The van der Waals surface area contributed by atoms with Crippen molar-refractivity contribution < 1.29 is 9.53 Å². The predicted molar refractivity (Wildman–Crippen MR) is 97.8 cm³/mol. The third kappa shape index (κ3) is 4.90. The van der Waals surface area contributed by atoms with Gasteiger partial charge >= 0.3 is 0 Å². The number of amides is 1. The second-order valence-corrected chi connectivity index (χ2v) is 6.19. The molecule has 1 fully saturated rings. The van der Waals surface area contributed by atoms with E-state index in [9.17, 15) is 4.79 Å². The van der Waals surface area contributed by atoms with E-state index in [1.165, 1.54) is 0 Å². The number of benzene rings is 1. The van der Waals surface area contributed by atoms with Gasteiger partial charge in [-0.3, -0.25) is 9.78 Å². The monoisotopic (exact) mass is 337 g/mol. The van der Waals surface area contributed by atoms with Crippen molar-refractivity contribution in [2.45, 2.75) is 13.0 Å². The number of nitrogens with two attached hydrogens (primary N) is 1. The van der Waals surface area contributed by atoms with E-state index in [0.717, 1.165) is 36.5 Å². The number of carbonyl (C=O) groups is 1. The van der Waals surface area contributed by atoms with E-state index in [4.69, 9.17) is 10.5 Å². The zero-order valence-electron chi connectivity index (χ0n) is 14.2. The van der Waals surface area contributed by atoms with Gasteiger partial charge < -0.3 is 15.4 Å². The minimum Gasteiger partial charge on any atom is -0.487 e. The molecule has 2 N–H and O–H groups in total. The Bertz CT molecular complexity index is 713. The lowest BCUT2D eigenvalue weighted by Crippen LogP contribution is -2.28. The maximum atomic E-state index is 12.2. The van der Waals surface area contributed by atoms with Gasteiger partial charge in [-0.05, 0) is 54.8 Å². The third-order valence-corrected chi connectivity index (χ3v) is 4.34. The molecule has 0 radical (unpaired) electrons. The van der Waals surface area contributed by atoms with Gasteiger partial charge in [-0.25, -0.2) is 0 Å². The fraction of sp³-hybridized carbons (Fsp3) is 0.300. The topological polar surface area (TPSA) is 68.5 Å². The van der Waals surface area contributed by atoms with Crippen molar-refractivity contribution in [3.8, 4) is 5.75 Å². The number of rotatable bonds is 6. The summed E-state index contributed by atoms with van der Waals surface area (Å²) in [7, 11) is 0. The molecular weight excluding hydrogens is 314 g/mol. The summed E-state index contributed by atoms with van der Waals surface area (Å²) in [5, 5.41) is 0. The van der Waals surface area contributed by atoms with Crippen LogP contribution >= 0.6 is 0 Å². The quantitative estimate of drug-likeness (QED) is 0.822. The van der Waals surface area contributed by atoms with E-state index in [1.54, 1.807) is 12.3 Å². The van der Waals surface area contributed by atoms with Gasteiger partial charge in [0.05, 0.1) is 5.69 Å². The van der Waals surface area contributed by atoms with E-state index in [2.05, 4.69) is 4.98 Å². The lowest BCUT2D eigenvalue weighted by atomic mass is 10.1. The molecule has 0 bridgehead atoms. The summed E-state index contributed by atoms with van der Waals surface area (Å²) in [6, 6.07) is 13.4. The average molecular weight is 337 g/mol. The summed E-state index contributed by atoms with van der Waals surface area (Å²) in [6.45, 7) is 2.64. The molecule has 130 valence electrons. The van der Waals surface area contributed by atoms with Crippen LogP contribution in [0.2, 0.25) is 0 Å². The SMILES string of the molecule is NCC1CCN(C(=O)C=Cc2ccc(OCc3ccccn3)cc2)C1. The van der Waals surface area contributed by atoms with Gasteiger partial charge in [-0.1, -0.05) is 18.2 Å². The molecule has 3 rings (SSSR count). The van der Waals surface area contributed by atoms with Crippen molar-refractivity contribution in [1.29, 1.82) is 0 Å². The van der Waals surface area contributed by atoms with Crippen molar-refractivity contribution in [3.63, 3.8) is 0 Å². The van der Waals surface area contributed by atoms with Crippen molar-refractivity contribution in [2.75, 3.05) is 19.6 Å². The normalized spacial score (nSPS) is 17.2. The molecule has 1 atom stereocenters. The van der Waals surface area contributed by atoms with Crippen LogP contribution in [0.1, 0.15) is 17.7 Å². The summed E-state index contributed by atoms with van der Waals surface area (Å²) >= 11 is 0. The second kappa shape index (κ2) is 8.44. The van der Waals surface area contributed by atoms with Crippen LogP contribution < -0.4 is 10.5 Å². The Morgan fingerprint density at radius 1 is 1.28 bits per heavy atom. The Labute approximate surface area is 148 Å². The second-order valence-electron chi connectivity index (χ2n) is 6.19. The maximum absolute atomic E-state index is 12.2. The molecule has 5 heteroatoms. The van der Waals surface area contributed by atoms with Crippen molar-refractivity contribution in [3.05, 3.63) is 66.0 Å². The van der Waals surface area contributed by atoms with E-state index in [0.29, 0.717) is 19.1 Å². The summed E-state index contributed by atoms with van der Waals surface area (Å²) in [4.78, 5) is 18.3. The van der Waals surface area contributed by atoms with E-state index >= 15 is 0 Å². The molecule has 5 nitrogen and oxygen atoms in total. The number of hydrogen-bond acceptors (Lipinski definition) is 4. The highest BCUT2D eigenvalue weighted by molar-refractivity contribution is 5.91. The molecule has 0 aliphatic carbocycles. The van der Waals surface area contributed by atoms with Crippen molar-refractivity contribution >= 4 is 12.0 Å². The Hall–Kier alpha value is -2.66. The standard InChI is InChI=1S/C20H23N3O2/c21-13-17-10-12-23(14-17)20(24)9-6-16-4-7-19(8-5-16)25-15-18-3-1-2-11-22-18/h1-9,11,17H,10,12-15,21H2. The van der Waals surface area contributed by atoms with E-state index < -0.39 is 0 Å². The Kier molecular flexibility index (Phi) is 5.80. The summed E-state index contributed by atoms with van der Waals surface area (Å²) in [5.41, 5.74) is 7.52. The zero-order chi connectivity index (χ0) is 17.5. The van der Waals surface area contributed by atoms with Crippen LogP contribution in [0, 0.1) is 5.92 Å². The molecule has 1 amide bonds. The number of hydrogen-bond donors (Lipinski definition) is 1. The largest absolute Gasteiger partial charge is 0.487 e.